The molecule has 0 saturated carbocycles. The van der Waals surface area contributed by atoms with Crippen molar-refractivity contribution in [2.24, 2.45) is 0 Å². The maximum Gasteiger partial charge on any atom is 0.0944 e. The van der Waals surface area contributed by atoms with E-state index >= 15 is 0 Å². The third-order valence-corrected chi connectivity index (χ3v) is 1.71. The fourth-order valence-corrected chi connectivity index (χ4v) is 1.03. The topological polar surface area (TPSA) is 23.8 Å². The van der Waals surface area contributed by atoms with Crippen LogP contribution in [0.15, 0.2) is 48.6 Å². The van der Waals surface area contributed by atoms with E-state index in [0.29, 0.717) is 5.57 Å². The van der Waals surface area contributed by atoms with Gasteiger partial charge in [-0.25, -0.2) is 0 Å². The highest BCUT2D eigenvalue weighted by atomic mass is 14.2. The van der Waals surface area contributed by atoms with Gasteiger partial charge in [0, 0.05) is 5.57 Å². The summed E-state index contributed by atoms with van der Waals surface area (Å²) in [6, 6.07) is 11.9. The van der Waals surface area contributed by atoms with E-state index < -0.39 is 0 Å². The van der Waals surface area contributed by atoms with Crippen molar-refractivity contribution >= 4 is 5.57 Å². The molecule has 0 bridgehead atoms. The van der Waals surface area contributed by atoms with E-state index in [1.807, 2.05) is 30.3 Å². The Morgan fingerprint density at radius 2 is 2.00 bits per heavy atom. The minimum absolute atomic E-state index is 0.675. The highest BCUT2D eigenvalue weighted by molar-refractivity contribution is 5.73. The molecule has 0 N–H and O–H groups in total. The van der Waals surface area contributed by atoms with E-state index in [1.54, 1.807) is 13.0 Å². The molecular formula is C12H11N. The van der Waals surface area contributed by atoms with Crippen LogP contribution in [-0.4, -0.2) is 0 Å². The smallest absolute Gasteiger partial charge is 0.0944 e. The zero-order valence-electron chi connectivity index (χ0n) is 7.62. The van der Waals surface area contributed by atoms with Gasteiger partial charge in [0.2, 0.25) is 0 Å². The van der Waals surface area contributed by atoms with Crippen molar-refractivity contribution in [1.29, 1.82) is 5.26 Å². The zero-order valence-corrected chi connectivity index (χ0v) is 7.62. The van der Waals surface area contributed by atoms with Crippen LogP contribution in [0.1, 0.15) is 12.5 Å². The number of hydrogen-bond donors (Lipinski definition) is 0. The Bertz CT molecular complexity index is 366. The predicted octanol–water partition coefficient (Wildman–Crippen LogP) is 3.17. The van der Waals surface area contributed by atoms with Crippen LogP contribution < -0.4 is 0 Å². The molecule has 1 heteroatoms. The van der Waals surface area contributed by atoms with Crippen LogP contribution in [0.4, 0.5) is 0 Å². The van der Waals surface area contributed by atoms with Gasteiger partial charge >= 0.3 is 0 Å². The molecule has 0 saturated heterocycles. The Morgan fingerprint density at radius 3 is 2.54 bits per heavy atom. The van der Waals surface area contributed by atoms with Crippen LogP contribution in [0.25, 0.3) is 5.57 Å². The summed E-state index contributed by atoms with van der Waals surface area (Å²) in [7, 11) is 0. The van der Waals surface area contributed by atoms with Gasteiger partial charge in [-0.2, -0.15) is 5.26 Å². The van der Waals surface area contributed by atoms with Gasteiger partial charge in [-0.05, 0) is 24.1 Å². The Morgan fingerprint density at radius 1 is 1.38 bits per heavy atom. The van der Waals surface area contributed by atoms with Crippen molar-refractivity contribution in [3.8, 4) is 6.07 Å². The van der Waals surface area contributed by atoms with Crippen LogP contribution in [0.5, 0.6) is 0 Å². The van der Waals surface area contributed by atoms with Gasteiger partial charge in [0.15, 0.2) is 0 Å². The molecule has 0 aromatic heterocycles. The number of benzene rings is 1. The summed E-state index contributed by atoms with van der Waals surface area (Å²) in [5, 5.41) is 8.57. The van der Waals surface area contributed by atoms with Crippen molar-refractivity contribution in [3.63, 3.8) is 0 Å². The maximum atomic E-state index is 8.57. The average Bonchev–Trinajstić information content (AvgIpc) is 2.19. The Hall–Kier alpha value is -1.81. The molecule has 1 aromatic rings. The van der Waals surface area contributed by atoms with Crippen molar-refractivity contribution in [1.82, 2.24) is 0 Å². The van der Waals surface area contributed by atoms with Crippen LogP contribution in [0.2, 0.25) is 0 Å². The number of allylic oxidation sites excluding steroid dienone is 3. The standard InChI is InChI=1S/C12H11N/c1-10(9-13)8-11(2)12-6-4-3-5-7-12/h3-8H,2H2,1H3/b10-8+. The van der Waals surface area contributed by atoms with E-state index in [1.165, 1.54) is 0 Å². The second-order valence-electron chi connectivity index (χ2n) is 2.83. The van der Waals surface area contributed by atoms with Gasteiger partial charge in [-0.1, -0.05) is 36.9 Å². The first-order chi connectivity index (χ1) is 6.24. The van der Waals surface area contributed by atoms with Crippen molar-refractivity contribution in [3.05, 3.63) is 54.1 Å². The summed E-state index contributed by atoms with van der Waals surface area (Å²) in [5.74, 6) is 0. The summed E-state index contributed by atoms with van der Waals surface area (Å²) >= 11 is 0. The van der Waals surface area contributed by atoms with Crippen LogP contribution in [-0.2, 0) is 0 Å². The molecule has 0 amide bonds. The molecule has 0 aliphatic carbocycles. The summed E-state index contributed by atoms with van der Waals surface area (Å²) in [6.45, 7) is 5.66. The summed E-state index contributed by atoms with van der Waals surface area (Å²) < 4.78 is 0. The fraction of sp³-hybridized carbons (Fsp3) is 0.0833. The van der Waals surface area contributed by atoms with E-state index in [0.717, 1.165) is 11.1 Å². The second-order valence-corrected chi connectivity index (χ2v) is 2.83. The third-order valence-electron chi connectivity index (χ3n) is 1.71. The largest absolute Gasteiger partial charge is 0.193 e. The van der Waals surface area contributed by atoms with Crippen molar-refractivity contribution in [2.75, 3.05) is 0 Å². The highest BCUT2D eigenvalue weighted by Gasteiger charge is 1.93. The van der Waals surface area contributed by atoms with E-state index in [9.17, 15) is 0 Å². The van der Waals surface area contributed by atoms with Gasteiger partial charge in [0.05, 0.1) is 6.07 Å². The molecule has 13 heavy (non-hydrogen) atoms. The van der Waals surface area contributed by atoms with Crippen molar-refractivity contribution in [2.45, 2.75) is 6.92 Å². The van der Waals surface area contributed by atoms with E-state index in [2.05, 4.69) is 12.6 Å². The molecule has 0 aliphatic heterocycles. The van der Waals surface area contributed by atoms with Gasteiger partial charge < -0.3 is 0 Å². The first-order valence-electron chi connectivity index (χ1n) is 4.07. The Labute approximate surface area is 78.6 Å². The first-order valence-corrected chi connectivity index (χ1v) is 4.07. The molecule has 1 aromatic carbocycles. The Balaban J connectivity index is 2.89. The number of nitrogens with zero attached hydrogens (tertiary/aromatic N) is 1. The molecule has 0 radical (unpaired) electrons. The van der Waals surface area contributed by atoms with Crippen molar-refractivity contribution < 1.29 is 0 Å². The molecular weight excluding hydrogens is 158 g/mol. The van der Waals surface area contributed by atoms with E-state index in [-0.39, 0.29) is 0 Å². The third kappa shape index (κ3) is 2.61. The molecule has 0 spiro atoms. The Kier molecular flexibility index (Phi) is 3.05. The molecule has 0 aliphatic rings. The van der Waals surface area contributed by atoms with Crippen LogP contribution >= 0.6 is 0 Å². The predicted molar refractivity (Wildman–Crippen MR) is 54.8 cm³/mol. The minimum Gasteiger partial charge on any atom is -0.193 e. The molecule has 64 valence electrons. The number of rotatable bonds is 2. The summed E-state index contributed by atoms with van der Waals surface area (Å²) in [5.41, 5.74) is 2.60. The normalized spacial score (nSPS) is 10.6. The quantitative estimate of drug-likeness (QED) is 0.492. The maximum absolute atomic E-state index is 8.57. The molecule has 1 nitrogen and oxygen atoms in total. The van der Waals surface area contributed by atoms with Gasteiger partial charge in [-0.3, -0.25) is 0 Å². The number of nitriles is 1. The van der Waals surface area contributed by atoms with Gasteiger partial charge in [0.1, 0.15) is 0 Å². The zero-order chi connectivity index (χ0) is 9.68. The monoisotopic (exact) mass is 169 g/mol. The lowest BCUT2D eigenvalue weighted by Gasteiger charge is -1.98. The lowest BCUT2D eigenvalue weighted by Crippen LogP contribution is -1.78. The molecule has 1 rings (SSSR count). The summed E-state index contributed by atoms with van der Waals surface area (Å²) in [6.07, 6.45) is 1.79. The minimum atomic E-state index is 0.675. The molecule has 0 fully saturated rings. The summed E-state index contributed by atoms with van der Waals surface area (Å²) in [4.78, 5) is 0. The van der Waals surface area contributed by atoms with Crippen LogP contribution in [0, 0.1) is 11.3 Å². The molecule has 0 atom stereocenters. The van der Waals surface area contributed by atoms with E-state index in [4.69, 9.17) is 5.26 Å². The SMILES string of the molecule is C=C(/C=C(\C)C#N)c1ccccc1. The second kappa shape index (κ2) is 4.27. The molecule has 0 unspecified atom stereocenters. The average molecular weight is 169 g/mol. The fourth-order valence-electron chi connectivity index (χ4n) is 1.03. The lowest BCUT2D eigenvalue weighted by atomic mass is 10.1. The number of hydrogen-bond acceptors (Lipinski definition) is 1. The first kappa shape index (κ1) is 9.28. The van der Waals surface area contributed by atoms with Crippen LogP contribution in [0.3, 0.4) is 0 Å². The molecule has 0 heterocycles. The highest BCUT2D eigenvalue weighted by Crippen LogP contribution is 2.14. The van der Waals surface area contributed by atoms with Gasteiger partial charge in [-0.15, -0.1) is 0 Å². The van der Waals surface area contributed by atoms with Gasteiger partial charge in [0.25, 0.3) is 0 Å². The lowest BCUT2D eigenvalue weighted by molar-refractivity contribution is 1.44.